The molecule has 0 amide bonds. The minimum atomic E-state index is -1.37. The van der Waals surface area contributed by atoms with Gasteiger partial charge in [0, 0.05) is 28.6 Å². The Morgan fingerprint density at radius 2 is 1.74 bits per heavy atom. The zero-order valence-electron chi connectivity index (χ0n) is 23.4. The van der Waals surface area contributed by atoms with Crippen LogP contribution in [0.2, 0.25) is 0 Å². The van der Waals surface area contributed by atoms with E-state index in [-0.39, 0.29) is 23.3 Å². The second-order valence-corrected chi connectivity index (χ2v) is 11.6. The molecule has 2 aromatic rings. The van der Waals surface area contributed by atoms with Crippen LogP contribution in [0.4, 0.5) is 0 Å². The van der Waals surface area contributed by atoms with Crippen LogP contribution in [0, 0.1) is 32.6 Å². The molecule has 4 N–H and O–H groups in total. The van der Waals surface area contributed by atoms with Crippen LogP contribution in [-0.4, -0.2) is 45.8 Å². The molecule has 0 radical (unpaired) electrons. The summed E-state index contributed by atoms with van der Waals surface area (Å²) < 4.78 is 0. The van der Waals surface area contributed by atoms with Gasteiger partial charge in [-0.05, 0) is 123 Å². The molecule has 0 spiro atoms. The number of aryl methyl sites for hydroxylation is 3. The summed E-state index contributed by atoms with van der Waals surface area (Å²) in [7, 11) is 3.84. The lowest BCUT2D eigenvalue weighted by Crippen LogP contribution is -2.58. The molecule has 5 heteroatoms. The highest BCUT2D eigenvalue weighted by molar-refractivity contribution is 5.89. The Labute approximate surface area is 226 Å². The third-order valence-electron chi connectivity index (χ3n) is 9.01. The SMILES string of the molecule is C=C(N)C1=C(O)[C@@H](N(C)C)[C@@H]2C[C@@H]3Cc4c(-c5cc(C)nc(C)c5)ccc(C)c4C(=C)C3=C(C)[C@]2(O)C1=C. The lowest BCUT2D eigenvalue weighted by Gasteiger charge is -2.54. The molecule has 3 aliphatic carbocycles. The molecule has 198 valence electrons. The van der Waals surface area contributed by atoms with E-state index >= 15 is 0 Å². The molecule has 5 nitrogen and oxygen atoms in total. The average Bonchev–Trinajstić information content (AvgIpc) is 2.80. The lowest BCUT2D eigenvalue weighted by atomic mass is 9.55. The summed E-state index contributed by atoms with van der Waals surface area (Å²) in [4.78, 5) is 6.54. The van der Waals surface area contributed by atoms with Crippen molar-refractivity contribution in [2.24, 2.45) is 17.6 Å². The molecule has 0 fully saturated rings. The molecule has 38 heavy (non-hydrogen) atoms. The van der Waals surface area contributed by atoms with E-state index in [2.05, 4.69) is 55.9 Å². The largest absolute Gasteiger partial charge is 0.510 e. The minimum absolute atomic E-state index is 0.132. The van der Waals surface area contributed by atoms with Crippen LogP contribution in [0.3, 0.4) is 0 Å². The summed E-state index contributed by atoms with van der Waals surface area (Å²) in [6.07, 6.45) is 1.51. The molecule has 0 aliphatic heterocycles. The van der Waals surface area contributed by atoms with Crippen molar-refractivity contribution >= 4 is 5.57 Å². The minimum Gasteiger partial charge on any atom is -0.510 e. The van der Waals surface area contributed by atoms with Gasteiger partial charge >= 0.3 is 0 Å². The van der Waals surface area contributed by atoms with E-state index in [0.29, 0.717) is 17.6 Å². The smallest absolute Gasteiger partial charge is 0.119 e. The van der Waals surface area contributed by atoms with Gasteiger partial charge in [-0.1, -0.05) is 31.9 Å². The number of allylic oxidation sites excluding steroid dienone is 3. The molecular formula is C33H39N3O2. The zero-order valence-corrected chi connectivity index (χ0v) is 23.4. The fraction of sp³-hybridized carbons (Fsp3) is 0.364. The van der Waals surface area contributed by atoms with Crippen molar-refractivity contribution < 1.29 is 10.2 Å². The summed E-state index contributed by atoms with van der Waals surface area (Å²) >= 11 is 0. The van der Waals surface area contributed by atoms with E-state index in [1.807, 2.05) is 39.8 Å². The van der Waals surface area contributed by atoms with Crippen molar-refractivity contribution in [2.75, 3.05) is 14.1 Å². The predicted molar refractivity (Wildman–Crippen MR) is 155 cm³/mol. The third-order valence-corrected chi connectivity index (χ3v) is 9.01. The van der Waals surface area contributed by atoms with Crippen LogP contribution < -0.4 is 5.73 Å². The van der Waals surface area contributed by atoms with Crippen molar-refractivity contribution in [2.45, 2.75) is 52.2 Å². The standard InChI is InChI=1S/C33H39N3O2/c1-16-10-11-25(23-12-17(2)35-18(3)13-23)26-14-24-15-27-31(36(8)9)32(37)30(22(7)34)21(6)33(27,38)20(5)29(24)19(4)28(16)26/h10-13,24,27,31,37-38H,4,6-7,14-15,34H2,1-3,5,8-9H3/t24-,27-,31-,33-/m0/s1. The highest BCUT2D eigenvalue weighted by Gasteiger charge is 2.57. The molecule has 3 aliphatic rings. The van der Waals surface area contributed by atoms with Crippen molar-refractivity contribution in [1.82, 2.24) is 9.88 Å². The van der Waals surface area contributed by atoms with Crippen LogP contribution in [0.15, 0.2) is 77.8 Å². The van der Waals surface area contributed by atoms with Crippen molar-refractivity contribution in [3.05, 3.63) is 106 Å². The average molecular weight is 510 g/mol. The molecular weight excluding hydrogens is 470 g/mol. The van der Waals surface area contributed by atoms with Crippen LogP contribution >= 0.6 is 0 Å². The third kappa shape index (κ3) is 3.56. The topological polar surface area (TPSA) is 82.6 Å². The second-order valence-electron chi connectivity index (χ2n) is 11.6. The predicted octanol–water partition coefficient (Wildman–Crippen LogP) is 5.71. The van der Waals surface area contributed by atoms with Crippen molar-refractivity contribution in [1.29, 1.82) is 0 Å². The highest BCUT2D eigenvalue weighted by Crippen LogP contribution is 2.58. The fourth-order valence-electron chi connectivity index (χ4n) is 7.54. The van der Waals surface area contributed by atoms with E-state index in [9.17, 15) is 10.2 Å². The molecule has 1 heterocycles. The fourth-order valence-corrected chi connectivity index (χ4v) is 7.54. The van der Waals surface area contributed by atoms with Gasteiger partial charge in [0.15, 0.2) is 0 Å². The van der Waals surface area contributed by atoms with Gasteiger partial charge in [-0.2, -0.15) is 0 Å². The number of hydrogen-bond acceptors (Lipinski definition) is 5. The number of aliphatic hydroxyl groups is 2. The summed E-state index contributed by atoms with van der Waals surface area (Å²) in [5, 5.41) is 23.8. The quantitative estimate of drug-likeness (QED) is 0.494. The maximum absolute atomic E-state index is 12.5. The van der Waals surface area contributed by atoms with Crippen LogP contribution in [-0.2, 0) is 6.42 Å². The number of aliphatic hydroxyl groups excluding tert-OH is 1. The molecule has 0 bridgehead atoms. The Kier molecular flexibility index (Phi) is 6.08. The highest BCUT2D eigenvalue weighted by atomic mass is 16.3. The van der Waals surface area contributed by atoms with Gasteiger partial charge in [-0.3, -0.25) is 9.88 Å². The van der Waals surface area contributed by atoms with E-state index in [0.717, 1.165) is 40.1 Å². The molecule has 0 saturated heterocycles. The summed E-state index contributed by atoms with van der Waals surface area (Å²) in [6, 6.07) is 8.26. The number of hydrogen-bond donors (Lipinski definition) is 3. The molecule has 0 saturated carbocycles. The van der Waals surface area contributed by atoms with E-state index in [1.54, 1.807) is 0 Å². The molecule has 1 aromatic heterocycles. The van der Waals surface area contributed by atoms with Gasteiger partial charge in [0.05, 0.1) is 6.04 Å². The Balaban J connectivity index is 1.73. The Bertz CT molecular complexity index is 1470. The maximum Gasteiger partial charge on any atom is 0.119 e. The first-order chi connectivity index (χ1) is 17.8. The molecule has 4 atom stereocenters. The Morgan fingerprint density at radius 1 is 1.11 bits per heavy atom. The van der Waals surface area contributed by atoms with E-state index in [4.69, 9.17) is 5.73 Å². The zero-order chi connectivity index (χ0) is 27.8. The molecule has 5 rings (SSSR count). The van der Waals surface area contributed by atoms with Gasteiger partial charge < -0.3 is 15.9 Å². The summed E-state index contributed by atoms with van der Waals surface area (Å²) in [6.45, 7) is 21.0. The van der Waals surface area contributed by atoms with Crippen LogP contribution in [0.25, 0.3) is 16.7 Å². The number of rotatable bonds is 3. The molecule has 0 unspecified atom stereocenters. The Hall–Kier alpha value is -3.41. The number of aromatic nitrogens is 1. The first kappa shape index (κ1) is 26.2. The monoisotopic (exact) mass is 509 g/mol. The van der Waals surface area contributed by atoms with Crippen LogP contribution in [0.1, 0.15) is 41.4 Å². The number of likely N-dealkylation sites (N-methyl/N-ethyl adjacent to an activating group) is 1. The maximum atomic E-state index is 12.5. The van der Waals surface area contributed by atoms with Gasteiger partial charge in [-0.15, -0.1) is 0 Å². The summed E-state index contributed by atoms with van der Waals surface area (Å²) in [5.74, 6) is -0.0156. The van der Waals surface area contributed by atoms with Gasteiger partial charge in [0.2, 0.25) is 0 Å². The summed E-state index contributed by atoms with van der Waals surface area (Å²) in [5.41, 5.74) is 16.7. The molecule has 1 aromatic carbocycles. The van der Waals surface area contributed by atoms with Gasteiger partial charge in [0.25, 0.3) is 0 Å². The number of nitrogens with zero attached hydrogens (tertiary/aromatic N) is 2. The number of fused-ring (bicyclic) bond motifs is 3. The lowest BCUT2D eigenvalue weighted by molar-refractivity contribution is -0.0178. The van der Waals surface area contributed by atoms with Crippen molar-refractivity contribution in [3.63, 3.8) is 0 Å². The first-order valence-electron chi connectivity index (χ1n) is 13.2. The van der Waals surface area contributed by atoms with E-state index < -0.39 is 11.6 Å². The number of pyridine rings is 1. The van der Waals surface area contributed by atoms with Gasteiger partial charge in [0.1, 0.15) is 11.4 Å². The van der Waals surface area contributed by atoms with Crippen molar-refractivity contribution in [3.8, 4) is 11.1 Å². The van der Waals surface area contributed by atoms with Gasteiger partial charge in [-0.25, -0.2) is 0 Å². The first-order valence-corrected chi connectivity index (χ1v) is 13.2. The van der Waals surface area contributed by atoms with Crippen LogP contribution in [0.5, 0.6) is 0 Å². The number of benzene rings is 1. The normalized spacial score (nSPS) is 26.9. The number of nitrogens with two attached hydrogens (primary N) is 1. The van der Waals surface area contributed by atoms with E-state index in [1.165, 1.54) is 22.3 Å². The Morgan fingerprint density at radius 3 is 2.32 bits per heavy atom. The second kappa shape index (κ2) is 8.82.